The lowest BCUT2D eigenvalue weighted by Gasteiger charge is -2.31. The van der Waals surface area contributed by atoms with Crippen molar-refractivity contribution in [1.82, 2.24) is 5.32 Å². The van der Waals surface area contributed by atoms with Gasteiger partial charge in [0.1, 0.15) is 11.4 Å². The first kappa shape index (κ1) is 32.5. The molecule has 2 atom stereocenters. The summed E-state index contributed by atoms with van der Waals surface area (Å²) in [6.07, 6.45) is -0.279. The number of halogens is 2. The third-order valence-electron chi connectivity index (χ3n) is 6.70. The van der Waals surface area contributed by atoms with Gasteiger partial charge in [-0.15, -0.1) is 0 Å². The molecule has 1 aliphatic rings. The number of rotatable bonds is 12. The van der Waals surface area contributed by atoms with Gasteiger partial charge in [-0.2, -0.15) is 0 Å². The van der Waals surface area contributed by atoms with Gasteiger partial charge < -0.3 is 24.6 Å². The smallest absolute Gasteiger partial charge is 0.306 e. The van der Waals surface area contributed by atoms with Crippen LogP contribution in [0.15, 0.2) is 82.3 Å². The molecule has 0 unspecified atom stereocenters. The van der Waals surface area contributed by atoms with Crippen molar-refractivity contribution >= 4 is 45.3 Å². The van der Waals surface area contributed by atoms with Crippen molar-refractivity contribution in [2.24, 2.45) is 4.99 Å². The molecule has 3 aromatic carbocycles. The molecule has 1 heterocycles. The highest BCUT2D eigenvalue weighted by Crippen LogP contribution is 2.43. The fraction of sp³-hybridized carbons (Fsp3) is 0.364. The molecule has 0 aromatic heterocycles. The molecule has 4 rings (SSSR count). The zero-order valence-electron chi connectivity index (χ0n) is 24.4. The van der Waals surface area contributed by atoms with Crippen LogP contribution in [0.1, 0.15) is 62.8 Å². The monoisotopic (exact) mass is 670 g/mol. The maximum absolute atomic E-state index is 14.2. The maximum Gasteiger partial charge on any atom is 0.306 e. The van der Waals surface area contributed by atoms with Crippen LogP contribution in [0.25, 0.3) is 0 Å². The molecule has 0 fully saturated rings. The normalized spacial score (nSPS) is 18.0. The zero-order valence-corrected chi connectivity index (χ0v) is 26.8. The summed E-state index contributed by atoms with van der Waals surface area (Å²) in [5, 5.41) is 12.6. The van der Waals surface area contributed by atoms with Gasteiger partial charge in [0.15, 0.2) is 11.6 Å². The summed E-state index contributed by atoms with van der Waals surface area (Å²) in [6.45, 7) is 6.08. The van der Waals surface area contributed by atoms with Crippen molar-refractivity contribution in [3.05, 3.63) is 99.0 Å². The summed E-state index contributed by atoms with van der Waals surface area (Å²) in [5.74, 6) is 0.107. The second-order valence-corrected chi connectivity index (χ2v) is 12.6. The molecule has 0 aliphatic carbocycles. The fourth-order valence-electron chi connectivity index (χ4n) is 4.63. The van der Waals surface area contributed by atoms with Gasteiger partial charge in [-0.3, -0.25) is 9.59 Å². The number of hydrogen-bond donors (Lipinski definition) is 2. The third kappa shape index (κ3) is 8.81. The van der Waals surface area contributed by atoms with Crippen LogP contribution in [0, 0.1) is 0 Å². The predicted octanol–water partition coefficient (Wildman–Crippen LogP) is 6.56. The molecule has 1 aliphatic heterocycles. The average molecular weight is 672 g/mol. The van der Waals surface area contributed by atoms with Crippen LogP contribution in [0.2, 0.25) is 5.02 Å². The standard InChI is InChI=1S/C33H36BrClN2O6/c1-32(2,3)43-28(39)17-18-33(31(40)36-21-22-5-13-26(35)14-6-22)29(23-7-11-25(34)12-8-23)42-30(37-33)24-9-15-27(16-10-24)41-20-4-19-38/h5-16,29,38H,4,17-21H2,1-3H3,(H,36,40)/t29-,33-/m1/s1. The highest BCUT2D eigenvalue weighted by molar-refractivity contribution is 9.10. The summed E-state index contributed by atoms with van der Waals surface area (Å²) in [4.78, 5) is 32.0. The summed E-state index contributed by atoms with van der Waals surface area (Å²) >= 11 is 9.52. The van der Waals surface area contributed by atoms with Crippen molar-refractivity contribution in [2.75, 3.05) is 13.2 Å². The Morgan fingerprint density at radius 2 is 1.72 bits per heavy atom. The van der Waals surface area contributed by atoms with E-state index in [0.29, 0.717) is 29.4 Å². The van der Waals surface area contributed by atoms with E-state index < -0.39 is 23.2 Å². The van der Waals surface area contributed by atoms with Crippen LogP contribution in [-0.2, 0) is 25.6 Å². The topological polar surface area (TPSA) is 106 Å². The number of esters is 1. The molecule has 0 spiro atoms. The van der Waals surface area contributed by atoms with Crippen molar-refractivity contribution < 1.29 is 28.9 Å². The Hall–Kier alpha value is -3.40. The second-order valence-electron chi connectivity index (χ2n) is 11.2. The van der Waals surface area contributed by atoms with Gasteiger partial charge in [0.2, 0.25) is 5.90 Å². The first-order valence-corrected chi connectivity index (χ1v) is 15.3. The molecule has 3 aromatic rings. The molecule has 228 valence electrons. The maximum atomic E-state index is 14.2. The first-order valence-electron chi connectivity index (χ1n) is 14.1. The van der Waals surface area contributed by atoms with E-state index in [0.717, 1.165) is 15.6 Å². The minimum absolute atomic E-state index is 0.0452. The van der Waals surface area contributed by atoms with E-state index in [4.69, 9.17) is 35.9 Å². The van der Waals surface area contributed by atoms with E-state index in [1.165, 1.54) is 0 Å². The lowest BCUT2D eigenvalue weighted by atomic mass is 9.83. The van der Waals surface area contributed by atoms with Crippen molar-refractivity contribution in [3.63, 3.8) is 0 Å². The Kier molecular flexibility index (Phi) is 10.9. The molecule has 8 nitrogen and oxygen atoms in total. The van der Waals surface area contributed by atoms with Crippen LogP contribution >= 0.6 is 27.5 Å². The summed E-state index contributed by atoms with van der Waals surface area (Å²) < 4.78 is 18.6. The summed E-state index contributed by atoms with van der Waals surface area (Å²) in [7, 11) is 0. The quantitative estimate of drug-likeness (QED) is 0.167. The predicted molar refractivity (Wildman–Crippen MR) is 169 cm³/mol. The number of carbonyl (C=O) groups is 2. The lowest BCUT2D eigenvalue weighted by molar-refractivity contribution is -0.155. The number of carbonyl (C=O) groups excluding carboxylic acids is 2. The number of amides is 1. The van der Waals surface area contributed by atoms with Crippen molar-refractivity contribution in [3.8, 4) is 5.75 Å². The fourth-order valence-corrected chi connectivity index (χ4v) is 5.02. The number of aliphatic hydroxyl groups is 1. The Morgan fingerprint density at radius 1 is 1.05 bits per heavy atom. The van der Waals surface area contributed by atoms with Gasteiger partial charge in [-0.1, -0.05) is 51.8 Å². The molecule has 0 saturated heterocycles. The van der Waals surface area contributed by atoms with E-state index in [-0.39, 0.29) is 37.8 Å². The molecule has 0 radical (unpaired) electrons. The van der Waals surface area contributed by atoms with Gasteiger partial charge in [0, 0.05) is 41.1 Å². The second kappa shape index (κ2) is 14.4. The van der Waals surface area contributed by atoms with Crippen LogP contribution in [0.4, 0.5) is 0 Å². The number of nitrogens with one attached hydrogen (secondary N) is 1. The highest BCUT2D eigenvalue weighted by atomic mass is 79.9. The molecule has 0 saturated carbocycles. The molecule has 43 heavy (non-hydrogen) atoms. The van der Waals surface area contributed by atoms with Crippen LogP contribution in [-0.4, -0.2) is 47.2 Å². The number of aliphatic hydroxyl groups excluding tert-OH is 1. The van der Waals surface area contributed by atoms with Gasteiger partial charge in [-0.25, -0.2) is 4.99 Å². The third-order valence-corrected chi connectivity index (χ3v) is 7.48. The van der Waals surface area contributed by atoms with E-state index in [2.05, 4.69) is 21.2 Å². The molecule has 1 amide bonds. The zero-order chi connectivity index (χ0) is 31.0. The Bertz CT molecular complexity index is 1420. The number of ether oxygens (including phenoxy) is 3. The van der Waals surface area contributed by atoms with E-state index in [1.54, 1.807) is 57.2 Å². The number of nitrogens with zero attached hydrogens (tertiary/aromatic N) is 1. The van der Waals surface area contributed by atoms with Gasteiger partial charge >= 0.3 is 5.97 Å². The highest BCUT2D eigenvalue weighted by Gasteiger charge is 2.53. The van der Waals surface area contributed by atoms with Gasteiger partial charge in [0.05, 0.1) is 6.61 Å². The molecule has 0 bridgehead atoms. The largest absolute Gasteiger partial charge is 0.494 e. The van der Waals surface area contributed by atoms with E-state index in [1.807, 2.05) is 36.4 Å². The minimum Gasteiger partial charge on any atom is -0.494 e. The summed E-state index contributed by atoms with van der Waals surface area (Å²) in [5.41, 5.74) is 0.106. The van der Waals surface area contributed by atoms with Crippen molar-refractivity contribution in [1.29, 1.82) is 0 Å². The van der Waals surface area contributed by atoms with Crippen LogP contribution in [0.3, 0.4) is 0 Å². The Morgan fingerprint density at radius 3 is 2.35 bits per heavy atom. The molecular weight excluding hydrogens is 636 g/mol. The number of aliphatic imine (C=N–C) groups is 1. The van der Waals surface area contributed by atoms with E-state index in [9.17, 15) is 9.59 Å². The summed E-state index contributed by atoms with van der Waals surface area (Å²) in [6, 6.07) is 21.9. The number of benzene rings is 3. The number of hydrogen-bond acceptors (Lipinski definition) is 7. The lowest BCUT2D eigenvalue weighted by Crippen LogP contribution is -2.48. The molecular formula is C33H36BrClN2O6. The van der Waals surface area contributed by atoms with Gasteiger partial charge in [0.25, 0.3) is 5.91 Å². The molecule has 10 heteroatoms. The van der Waals surface area contributed by atoms with Crippen LogP contribution < -0.4 is 10.1 Å². The van der Waals surface area contributed by atoms with Crippen molar-refractivity contribution in [2.45, 2.75) is 63.8 Å². The SMILES string of the molecule is CC(C)(C)OC(=O)CC[C@@]1(C(=O)NCc2ccc(Cl)cc2)N=C(c2ccc(OCCCO)cc2)O[C@@H]1c1ccc(Br)cc1. The van der Waals surface area contributed by atoms with Gasteiger partial charge in [-0.05, 0) is 86.8 Å². The van der Waals surface area contributed by atoms with Crippen LogP contribution in [0.5, 0.6) is 5.75 Å². The molecule has 2 N–H and O–H groups in total. The average Bonchev–Trinajstić information content (AvgIpc) is 3.36. The van der Waals surface area contributed by atoms with E-state index >= 15 is 0 Å². The first-order chi connectivity index (χ1) is 20.5. The Labute approximate surface area is 265 Å². The minimum atomic E-state index is -1.47. The Balaban J connectivity index is 1.71.